The van der Waals surface area contributed by atoms with Crippen molar-refractivity contribution >= 4 is 0 Å². The third-order valence-electron chi connectivity index (χ3n) is 6.36. The van der Waals surface area contributed by atoms with E-state index in [1.165, 1.54) is 13.0 Å². The van der Waals surface area contributed by atoms with Crippen molar-refractivity contribution in [3.05, 3.63) is 11.6 Å². The van der Waals surface area contributed by atoms with Gasteiger partial charge in [0.2, 0.25) is 0 Å². The molecule has 2 saturated heterocycles. The van der Waals surface area contributed by atoms with Gasteiger partial charge in [0, 0.05) is 0 Å². The summed E-state index contributed by atoms with van der Waals surface area (Å²) in [7, 11) is 0. The summed E-state index contributed by atoms with van der Waals surface area (Å²) >= 11 is 0. The molecule has 2 fully saturated rings. The van der Waals surface area contributed by atoms with Crippen LogP contribution in [0, 0.1) is 0 Å². The maximum atomic E-state index is 10.7. The molecule has 2 heterocycles. The van der Waals surface area contributed by atoms with Gasteiger partial charge < -0.3 is 70.6 Å². The van der Waals surface area contributed by atoms with Gasteiger partial charge in [-0.2, -0.15) is 0 Å². The maximum Gasteiger partial charge on any atom is 0.187 e. The Bertz CT molecular complexity index is 680. The number of hydrogen-bond donors (Lipinski definition) is 11. The van der Waals surface area contributed by atoms with Crippen LogP contribution in [0.3, 0.4) is 0 Å². The van der Waals surface area contributed by atoms with Gasteiger partial charge in [0.05, 0.1) is 31.4 Å². The van der Waals surface area contributed by atoms with Crippen LogP contribution in [-0.4, -0.2) is 150 Å². The van der Waals surface area contributed by atoms with E-state index in [2.05, 4.69) is 5.32 Å². The molecule has 0 radical (unpaired) electrons. The zero-order chi connectivity index (χ0) is 24.6. The summed E-state index contributed by atoms with van der Waals surface area (Å²) in [5.74, 6) is 0. The predicted molar refractivity (Wildman–Crippen MR) is 105 cm³/mol. The maximum absolute atomic E-state index is 10.7. The van der Waals surface area contributed by atoms with E-state index in [0.29, 0.717) is 0 Å². The van der Waals surface area contributed by atoms with Crippen LogP contribution in [0.5, 0.6) is 0 Å². The van der Waals surface area contributed by atoms with Crippen molar-refractivity contribution in [1.82, 2.24) is 5.32 Å². The molecule has 2 aliphatic heterocycles. The summed E-state index contributed by atoms with van der Waals surface area (Å²) in [6, 6.07) is -2.02. The number of aliphatic hydroxyl groups excluding tert-OH is 10. The lowest BCUT2D eigenvalue weighted by Crippen LogP contribution is -2.68. The molecule has 14 atom stereocenters. The van der Waals surface area contributed by atoms with Crippen molar-refractivity contribution in [3.8, 4) is 0 Å². The number of aliphatic hydroxyl groups is 10. The van der Waals surface area contributed by atoms with Gasteiger partial charge in [-0.05, 0) is 12.5 Å². The van der Waals surface area contributed by atoms with Crippen molar-refractivity contribution in [3.63, 3.8) is 0 Å². The van der Waals surface area contributed by atoms with Gasteiger partial charge in [-0.25, -0.2) is 0 Å². The van der Waals surface area contributed by atoms with Crippen LogP contribution in [0.1, 0.15) is 6.92 Å². The van der Waals surface area contributed by atoms with Crippen molar-refractivity contribution in [2.24, 2.45) is 0 Å². The Kier molecular flexibility index (Phi) is 8.80. The van der Waals surface area contributed by atoms with Crippen molar-refractivity contribution in [2.45, 2.75) is 92.6 Å². The van der Waals surface area contributed by atoms with E-state index in [1.54, 1.807) is 0 Å². The molecule has 192 valence electrons. The SMILES string of the molecule is C[C@H]1O[C@H](O[C@@H]2[C@@H](O)[C@@H](O)[C@H](O)O[C@H]2CO)[C@@H](O)[C@H](O)[C@H]1N[C@@H]1C=C(CO)[C@@H](O)[C@@H](O)[C@@H]1O. The third kappa shape index (κ3) is 5.24. The average molecular weight is 483 g/mol. The molecule has 14 nitrogen and oxygen atoms in total. The van der Waals surface area contributed by atoms with E-state index in [4.69, 9.17) is 14.2 Å². The Balaban J connectivity index is 1.71. The molecule has 3 aliphatic rings. The molecule has 0 aromatic heterocycles. The summed E-state index contributed by atoms with van der Waals surface area (Å²) in [5, 5.41) is 103. The molecule has 0 unspecified atom stereocenters. The fraction of sp³-hybridized carbons (Fsp3) is 0.895. The third-order valence-corrected chi connectivity index (χ3v) is 6.36. The first-order chi connectivity index (χ1) is 15.5. The molecule has 1 aliphatic carbocycles. The van der Waals surface area contributed by atoms with E-state index in [9.17, 15) is 51.1 Å². The number of ether oxygens (including phenoxy) is 3. The molecule has 14 heteroatoms. The highest BCUT2D eigenvalue weighted by atomic mass is 16.7. The zero-order valence-electron chi connectivity index (χ0n) is 17.8. The highest BCUT2D eigenvalue weighted by Crippen LogP contribution is 2.29. The van der Waals surface area contributed by atoms with Crippen molar-refractivity contribution in [1.29, 1.82) is 0 Å². The average Bonchev–Trinajstić information content (AvgIpc) is 2.79. The molecule has 3 rings (SSSR count). The van der Waals surface area contributed by atoms with Crippen LogP contribution in [0.4, 0.5) is 0 Å². The Hall–Kier alpha value is -0.820. The lowest BCUT2D eigenvalue weighted by Gasteiger charge is -2.47. The fourth-order valence-electron chi connectivity index (χ4n) is 4.33. The van der Waals surface area contributed by atoms with E-state index in [1.807, 2.05) is 0 Å². The minimum Gasteiger partial charge on any atom is -0.394 e. The Morgan fingerprint density at radius 2 is 1.52 bits per heavy atom. The lowest BCUT2D eigenvalue weighted by molar-refractivity contribution is -0.345. The second-order valence-corrected chi connectivity index (χ2v) is 8.56. The van der Waals surface area contributed by atoms with Gasteiger partial charge in [0.25, 0.3) is 0 Å². The molecule has 0 aromatic carbocycles. The first kappa shape index (κ1) is 26.8. The number of rotatable bonds is 6. The normalized spacial score (nSPS) is 51.3. The van der Waals surface area contributed by atoms with Crippen LogP contribution in [-0.2, 0) is 14.2 Å². The lowest BCUT2D eigenvalue weighted by atomic mass is 9.86. The Morgan fingerprint density at radius 1 is 0.848 bits per heavy atom. The van der Waals surface area contributed by atoms with Gasteiger partial charge in [-0.1, -0.05) is 6.08 Å². The van der Waals surface area contributed by atoms with Gasteiger partial charge in [0.15, 0.2) is 12.6 Å². The molecule has 11 N–H and O–H groups in total. The molecule has 0 spiro atoms. The summed E-state index contributed by atoms with van der Waals surface area (Å²) in [6.45, 7) is 0.249. The van der Waals surface area contributed by atoms with Crippen LogP contribution in [0.25, 0.3) is 0 Å². The van der Waals surface area contributed by atoms with Gasteiger partial charge in [0.1, 0.15) is 54.9 Å². The standard InChI is InChI=1S/C19H33NO13/c1-5-9(20-7-2-6(3-21)10(23)13(26)11(7)24)12(25)16(29)19(31-5)33-17-8(4-22)32-18(30)15(28)14(17)27/h2,5,7-30H,3-4H2,1H3/t5-,7-,8+,9+,10-,11-,12-,13-,14+,15-,16+,17+,18-,19-/m1/s1. The molecule has 0 aromatic rings. The monoisotopic (exact) mass is 483 g/mol. The molecule has 0 amide bonds. The van der Waals surface area contributed by atoms with Gasteiger partial charge in [-0.3, -0.25) is 0 Å². The molecular weight excluding hydrogens is 450 g/mol. The van der Waals surface area contributed by atoms with E-state index < -0.39 is 98.9 Å². The number of nitrogens with one attached hydrogen (secondary N) is 1. The van der Waals surface area contributed by atoms with Crippen LogP contribution in [0.2, 0.25) is 0 Å². The summed E-state index contributed by atoms with van der Waals surface area (Å²) in [4.78, 5) is 0. The minimum absolute atomic E-state index is 0.0630. The second-order valence-electron chi connectivity index (χ2n) is 8.56. The Morgan fingerprint density at radius 3 is 2.12 bits per heavy atom. The van der Waals surface area contributed by atoms with E-state index >= 15 is 0 Å². The highest BCUT2D eigenvalue weighted by molar-refractivity contribution is 5.22. The van der Waals surface area contributed by atoms with Crippen molar-refractivity contribution in [2.75, 3.05) is 13.2 Å². The van der Waals surface area contributed by atoms with Gasteiger partial charge in [-0.15, -0.1) is 0 Å². The second kappa shape index (κ2) is 10.8. The highest BCUT2D eigenvalue weighted by Gasteiger charge is 2.50. The van der Waals surface area contributed by atoms with Crippen LogP contribution < -0.4 is 5.32 Å². The minimum atomic E-state index is -1.76. The molecular formula is C19H33NO13. The predicted octanol–water partition coefficient (Wildman–Crippen LogP) is -6.39. The quantitative estimate of drug-likeness (QED) is 0.157. The Labute approximate surface area is 188 Å². The first-order valence-corrected chi connectivity index (χ1v) is 10.6. The summed E-state index contributed by atoms with van der Waals surface area (Å²) < 4.78 is 16.1. The summed E-state index contributed by atoms with van der Waals surface area (Å²) in [6.07, 6.45) is -16.8. The largest absolute Gasteiger partial charge is 0.394 e. The summed E-state index contributed by atoms with van der Waals surface area (Å²) in [5.41, 5.74) is 0.0630. The fourth-order valence-corrected chi connectivity index (χ4v) is 4.33. The first-order valence-electron chi connectivity index (χ1n) is 10.6. The van der Waals surface area contributed by atoms with Crippen molar-refractivity contribution < 1.29 is 65.3 Å². The zero-order valence-corrected chi connectivity index (χ0v) is 17.8. The van der Waals surface area contributed by atoms with Gasteiger partial charge >= 0.3 is 0 Å². The molecule has 33 heavy (non-hydrogen) atoms. The number of hydrogen-bond acceptors (Lipinski definition) is 14. The smallest absolute Gasteiger partial charge is 0.187 e. The molecule has 0 bridgehead atoms. The molecule has 0 saturated carbocycles. The van der Waals surface area contributed by atoms with E-state index in [0.717, 1.165) is 0 Å². The van der Waals surface area contributed by atoms with E-state index in [-0.39, 0.29) is 5.57 Å². The van der Waals surface area contributed by atoms with Crippen LogP contribution >= 0.6 is 0 Å². The topological polar surface area (TPSA) is 242 Å². The van der Waals surface area contributed by atoms with Crippen LogP contribution in [0.15, 0.2) is 11.6 Å².